The van der Waals surface area contributed by atoms with E-state index in [1.165, 1.54) is 6.07 Å². The van der Waals surface area contributed by atoms with Crippen LogP contribution in [0.5, 0.6) is 5.75 Å². The van der Waals surface area contributed by atoms with Crippen molar-refractivity contribution >= 4 is 11.6 Å². The van der Waals surface area contributed by atoms with Gasteiger partial charge in [-0.05, 0) is 5.56 Å². The molecule has 106 valence electrons. The van der Waals surface area contributed by atoms with Gasteiger partial charge in [0.15, 0.2) is 5.75 Å². The highest BCUT2D eigenvalue weighted by Crippen LogP contribution is 2.12. The number of aliphatic hydroxyl groups excluding tert-OH is 1. The summed E-state index contributed by atoms with van der Waals surface area (Å²) in [6, 6.07) is 11.4. The topological polar surface area (TPSA) is 51.5 Å². The van der Waals surface area contributed by atoms with Gasteiger partial charge < -0.3 is 14.4 Å². The molecule has 0 radical (unpaired) electrons. The number of aliphatic hydroxyl groups is 1. The number of halogens is 1. The molecule has 1 N–H and O–H groups in total. The Morgan fingerprint density at radius 1 is 1.25 bits per heavy atom. The Hall–Kier alpha value is -1.78. The van der Waals surface area contributed by atoms with Crippen LogP contribution in [0.15, 0.2) is 47.4 Å². The second-order valence-corrected chi connectivity index (χ2v) is 4.58. The molecule has 0 aliphatic heterocycles. The van der Waals surface area contributed by atoms with Crippen LogP contribution in [0, 0.1) is 0 Å². The Bertz CT molecular complexity index is 610. The Morgan fingerprint density at radius 2 is 2.00 bits per heavy atom. The summed E-state index contributed by atoms with van der Waals surface area (Å²) in [6.45, 7) is 0.578. The zero-order valence-electron chi connectivity index (χ0n) is 11.0. The third kappa shape index (κ3) is 3.62. The van der Waals surface area contributed by atoms with E-state index in [0.29, 0.717) is 6.54 Å². The summed E-state index contributed by atoms with van der Waals surface area (Å²) in [4.78, 5) is 11.8. The molecule has 4 nitrogen and oxygen atoms in total. The summed E-state index contributed by atoms with van der Waals surface area (Å²) < 4.78 is 7.12. The van der Waals surface area contributed by atoms with Gasteiger partial charge in [0.05, 0.1) is 18.7 Å². The summed E-state index contributed by atoms with van der Waals surface area (Å²) in [5.74, 6) is 0.478. The lowest BCUT2D eigenvalue weighted by molar-refractivity contribution is 0.199. The Labute approximate surface area is 122 Å². The van der Waals surface area contributed by atoms with E-state index < -0.39 is 0 Å². The number of hydrogen-bond acceptors (Lipinski definition) is 3. The molecule has 1 heterocycles. The number of aromatic nitrogens is 1. The first-order chi connectivity index (χ1) is 9.74. The molecule has 0 bridgehead atoms. The number of pyridine rings is 1. The molecule has 0 amide bonds. The standard InChI is InChI=1S/C15H16ClNO3/c16-9-13-8-14(19)15(20-7-6-18)11-17(13)10-12-4-2-1-3-5-12/h1-5,8,11,18H,6-7,9-10H2. The average Bonchev–Trinajstić information content (AvgIpc) is 2.48. The lowest BCUT2D eigenvalue weighted by Gasteiger charge is -2.14. The van der Waals surface area contributed by atoms with Crippen LogP contribution < -0.4 is 10.2 Å². The van der Waals surface area contributed by atoms with Crippen molar-refractivity contribution in [3.05, 3.63) is 64.1 Å². The zero-order valence-corrected chi connectivity index (χ0v) is 11.7. The maximum absolute atomic E-state index is 11.8. The summed E-state index contributed by atoms with van der Waals surface area (Å²) in [6.07, 6.45) is 1.64. The van der Waals surface area contributed by atoms with Gasteiger partial charge in [-0.1, -0.05) is 30.3 Å². The molecular formula is C15H16ClNO3. The van der Waals surface area contributed by atoms with Crippen molar-refractivity contribution in [1.29, 1.82) is 0 Å². The minimum absolute atomic E-state index is 0.0980. The molecule has 1 aromatic heterocycles. The first-order valence-electron chi connectivity index (χ1n) is 6.31. The van der Waals surface area contributed by atoms with Crippen molar-refractivity contribution in [1.82, 2.24) is 4.57 Å². The van der Waals surface area contributed by atoms with Gasteiger partial charge in [-0.3, -0.25) is 4.79 Å². The molecule has 20 heavy (non-hydrogen) atoms. The molecule has 2 aromatic rings. The van der Waals surface area contributed by atoms with E-state index in [1.54, 1.807) is 6.20 Å². The fourth-order valence-electron chi connectivity index (χ4n) is 1.90. The summed E-state index contributed by atoms with van der Waals surface area (Å²) in [5, 5.41) is 8.77. The minimum atomic E-state index is -0.224. The molecule has 0 aliphatic carbocycles. The maximum atomic E-state index is 11.8. The number of nitrogens with zero attached hydrogens (tertiary/aromatic N) is 1. The van der Waals surface area contributed by atoms with Gasteiger partial charge in [0.1, 0.15) is 6.61 Å². The molecule has 0 fully saturated rings. The van der Waals surface area contributed by atoms with Gasteiger partial charge in [0.25, 0.3) is 0 Å². The predicted octanol–water partition coefficient (Wildman–Crippen LogP) is 2.01. The second kappa shape index (κ2) is 7.12. The first kappa shape index (κ1) is 14.6. The van der Waals surface area contributed by atoms with E-state index >= 15 is 0 Å². The summed E-state index contributed by atoms with van der Waals surface area (Å²) in [5.41, 5.74) is 1.62. The highest BCUT2D eigenvalue weighted by atomic mass is 35.5. The SMILES string of the molecule is O=c1cc(CCl)n(Cc2ccccc2)cc1OCCO. The van der Waals surface area contributed by atoms with Crippen LogP contribution in [0.4, 0.5) is 0 Å². The van der Waals surface area contributed by atoms with Crippen molar-refractivity contribution in [3.63, 3.8) is 0 Å². The fourth-order valence-corrected chi connectivity index (χ4v) is 2.13. The largest absolute Gasteiger partial charge is 0.486 e. The van der Waals surface area contributed by atoms with Crippen LogP contribution in [-0.4, -0.2) is 22.9 Å². The van der Waals surface area contributed by atoms with Gasteiger partial charge in [0.2, 0.25) is 5.43 Å². The normalized spacial score (nSPS) is 10.5. The maximum Gasteiger partial charge on any atom is 0.223 e. The molecule has 0 atom stereocenters. The molecule has 0 aliphatic rings. The monoisotopic (exact) mass is 293 g/mol. The van der Waals surface area contributed by atoms with Gasteiger partial charge in [-0.15, -0.1) is 11.6 Å². The quantitative estimate of drug-likeness (QED) is 0.829. The first-order valence-corrected chi connectivity index (χ1v) is 6.85. The lowest BCUT2D eigenvalue weighted by atomic mass is 10.2. The number of benzene rings is 1. The van der Waals surface area contributed by atoms with E-state index in [2.05, 4.69) is 0 Å². The Kier molecular flexibility index (Phi) is 5.21. The van der Waals surface area contributed by atoms with Crippen molar-refractivity contribution in [3.8, 4) is 5.75 Å². The summed E-state index contributed by atoms with van der Waals surface area (Å²) in [7, 11) is 0. The van der Waals surface area contributed by atoms with Crippen LogP contribution in [0.25, 0.3) is 0 Å². The van der Waals surface area contributed by atoms with Gasteiger partial charge >= 0.3 is 0 Å². The molecule has 2 rings (SSSR count). The third-order valence-corrected chi connectivity index (χ3v) is 3.14. The predicted molar refractivity (Wildman–Crippen MR) is 78.4 cm³/mol. The van der Waals surface area contributed by atoms with E-state index in [9.17, 15) is 4.79 Å². The molecule has 1 aromatic carbocycles. The van der Waals surface area contributed by atoms with Crippen molar-refractivity contribution in [2.45, 2.75) is 12.4 Å². The molecule has 5 heteroatoms. The molecular weight excluding hydrogens is 278 g/mol. The van der Waals surface area contributed by atoms with Crippen LogP contribution >= 0.6 is 11.6 Å². The average molecular weight is 294 g/mol. The molecule has 0 unspecified atom stereocenters. The number of ether oxygens (including phenoxy) is 1. The van der Waals surface area contributed by atoms with E-state index in [1.807, 2.05) is 34.9 Å². The number of rotatable bonds is 6. The Balaban J connectivity index is 2.32. The van der Waals surface area contributed by atoms with Crippen molar-refractivity contribution < 1.29 is 9.84 Å². The molecule has 0 spiro atoms. The number of hydrogen-bond donors (Lipinski definition) is 1. The highest BCUT2D eigenvalue weighted by molar-refractivity contribution is 6.16. The van der Waals surface area contributed by atoms with E-state index in [0.717, 1.165) is 11.3 Å². The van der Waals surface area contributed by atoms with Crippen LogP contribution in [0.2, 0.25) is 0 Å². The highest BCUT2D eigenvalue weighted by Gasteiger charge is 2.07. The summed E-state index contributed by atoms with van der Waals surface area (Å²) >= 11 is 5.89. The third-order valence-electron chi connectivity index (χ3n) is 2.86. The fraction of sp³-hybridized carbons (Fsp3) is 0.267. The van der Waals surface area contributed by atoms with Gasteiger partial charge in [-0.2, -0.15) is 0 Å². The minimum Gasteiger partial charge on any atom is -0.486 e. The van der Waals surface area contributed by atoms with Crippen LogP contribution in [0.3, 0.4) is 0 Å². The van der Waals surface area contributed by atoms with Gasteiger partial charge in [-0.25, -0.2) is 0 Å². The number of alkyl halides is 1. The van der Waals surface area contributed by atoms with Crippen molar-refractivity contribution in [2.24, 2.45) is 0 Å². The lowest BCUT2D eigenvalue weighted by Crippen LogP contribution is -2.16. The van der Waals surface area contributed by atoms with Crippen LogP contribution in [0.1, 0.15) is 11.3 Å². The van der Waals surface area contributed by atoms with Crippen molar-refractivity contribution in [2.75, 3.05) is 13.2 Å². The molecule has 0 saturated carbocycles. The second-order valence-electron chi connectivity index (χ2n) is 4.31. The Morgan fingerprint density at radius 3 is 2.65 bits per heavy atom. The van der Waals surface area contributed by atoms with E-state index in [-0.39, 0.29) is 30.3 Å². The smallest absolute Gasteiger partial charge is 0.223 e. The zero-order chi connectivity index (χ0) is 14.4. The molecule has 0 saturated heterocycles. The van der Waals surface area contributed by atoms with E-state index in [4.69, 9.17) is 21.4 Å². The van der Waals surface area contributed by atoms with Gasteiger partial charge in [0, 0.05) is 18.3 Å². The van der Waals surface area contributed by atoms with Crippen LogP contribution in [-0.2, 0) is 12.4 Å².